The van der Waals surface area contributed by atoms with Crippen molar-refractivity contribution in [1.29, 1.82) is 0 Å². The molecule has 4 rings (SSSR count). The van der Waals surface area contributed by atoms with Crippen molar-refractivity contribution in [3.05, 3.63) is 53.4 Å². The van der Waals surface area contributed by atoms with Gasteiger partial charge in [-0.3, -0.25) is 14.5 Å². The monoisotopic (exact) mass is 401 g/mol. The smallest absolute Gasteiger partial charge is 0.227 e. The number of furan rings is 1. The van der Waals surface area contributed by atoms with Crippen molar-refractivity contribution >= 4 is 29.1 Å². The third-order valence-corrected chi connectivity index (χ3v) is 5.81. The van der Waals surface area contributed by atoms with Crippen LogP contribution in [-0.2, 0) is 9.59 Å². The van der Waals surface area contributed by atoms with Gasteiger partial charge in [-0.1, -0.05) is 11.6 Å². The quantitative estimate of drug-likeness (QED) is 0.807. The largest absolute Gasteiger partial charge is 0.468 e. The van der Waals surface area contributed by atoms with Crippen molar-refractivity contribution in [2.45, 2.75) is 25.3 Å². The van der Waals surface area contributed by atoms with Gasteiger partial charge in [0.15, 0.2) is 0 Å². The average Bonchev–Trinajstić information content (AvgIpc) is 3.45. The molecule has 7 heteroatoms. The van der Waals surface area contributed by atoms with E-state index in [0.29, 0.717) is 18.1 Å². The van der Waals surface area contributed by atoms with Gasteiger partial charge < -0.3 is 14.6 Å². The summed E-state index contributed by atoms with van der Waals surface area (Å²) >= 11 is 5.92. The minimum atomic E-state index is -0.348. The second-order valence-corrected chi connectivity index (χ2v) is 7.84. The molecule has 2 unspecified atom stereocenters. The van der Waals surface area contributed by atoms with E-state index >= 15 is 0 Å². The zero-order valence-electron chi connectivity index (χ0n) is 15.6. The molecule has 2 amide bonds. The summed E-state index contributed by atoms with van der Waals surface area (Å²) in [5.74, 6) is 0.400. The van der Waals surface area contributed by atoms with E-state index in [4.69, 9.17) is 16.0 Å². The van der Waals surface area contributed by atoms with Gasteiger partial charge in [0.2, 0.25) is 11.8 Å². The van der Waals surface area contributed by atoms with Gasteiger partial charge in [0.05, 0.1) is 18.2 Å². The Hall–Kier alpha value is -2.31. The average molecular weight is 402 g/mol. The molecule has 1 aromatic carbocycles. The third kappa shape index (κ3) is 4.08. The molecule has 1 N–H and O–H groups in total. The molecule has 2 aromatic rings. The zero-order valence-corrected chi connectivity index (χ0v) is 16.4. The molecule has 2 aliphatic heterocycles. The maximum absolute atomic E-state index is 12.8. The van der Waals surface area contributed by atoms with Crippen LogP contribution < -0.4 is 10.2 Å². The summed E-state index contributed by atoms with van der Waals surface area (Å²) in [5.41, 5.74) is 0.773. The van der Waals surface area contributed by atoms with Gasteiger partial charge in [0.25, 0.3) is 0 Å². The maximum Gasteiger partial charge on any atom is 0.227 e. The second kappa shape index (κ2) is 8.37. The molecule has 2 saturated heterocycles. The highest BCUT2D eigenvalue weighted by molar-refractivity contribution is 6.30. The molecule has 0 spiro atoms. The van der Waals surface area contributed by atoms with Crippen molar-refractivity contribution in [2.24, 2.45) is 5.92 Å². The lowest BCUT2D eigenvalue weighted by molar-refractivity contribution is -0.126. The first-order valence-electron chi connectivity index (χ1n) is 9.73. The molecule has 1 aromatic heterocycles. The normalized spacial score (nSPS) is 21.2. The number of likely N-dealkylation sites (tertiary alicyclic amines) is 1. The van der Waals surface area contributed by atoms with Gasteiger partial charge in [-0.05, 0) is 62.3 Å². The molecular weight excluding hydrogens is 378 g/mol. The molecule has 2 fully saturated rings. The number of hydrogen-bond donors (Lipinski definition) is 1. The lowest BCUT2D eigenvalue weighted by Crippen LogP contribution is -2.39. The van der Waals surface area contributed by atoms with Crippen LogP contribution in [-0.4, -0.2) is 42.9 Å². The predicted molar refractivity (Wildman–Crippen MR) is 107 cm³/mol. The number of halogens is 1. The summed E-state index contributed by atoms with van der Waals surface area (Å²) in [6.07, 6.45) is 4.22. The summed E-state index contributed by atoms with van der Waals surface area (Å²) < 4.78 is 5.60. The fraction of sp³-hybridized carbons (Fsp3) is 0.429. The number of benzene rings is 1. The fourth-order valence-corrected chi connectivity index (χ4v) is 4.17. The minimum Gasteiger partial charge on any atom is -0.468 e. The highest BCUT2D eigenvalue weighted by Gasteiger charge is 2.36. The summed E-state index contributed by atoms with van der Waals surface area (Å²) in [7, 11) is 0. The van der Waals surface area contributed by atoms with Crippen LogP contribution in [0.25, 0.3) is 0 Å². The number of amides is 2. The lowest BCUT2D eigenvalue weighted by Gasteiger charge is -2.26. The third-order valence-electron chi connectivity index (χ3n) is 5.56. The van der Waals surface area contributed by atoms with Crippen molar-refractivity contribution in [3.8, 4) is 0 Å². The molecule has 0 radical (unpaired) electrons. The maximum atomic E-state index is 12.8. The fourth-order valence-electron chi connectivity index (χ4n) is 4.04. The van der Waals surface area contributed by atoms with Crippen LogP contribution in [0.1, 0.15) is 31.1 Å². The Morgan fingerprint density at radius 1 is 1.21 bits per heavy atom. The molecule has 2 atom stereocenters. The van der Waals surface area contributed by atoms with Crippen LogP contribution in [0.3, 0.4) is 0 Å². The summed E-state index contributed by atoms with van der Waals surface area (Å²) in [6, 6.07) is 11.0. The van der Waals surface area contributed by atoms with E-state index in [1.165, 1.54) is 12.8 Å². The Balaban J connectivity index is 1.38. The van der Waals surface area contributed by atoms with Crippen LogP contribution in [0.4, 0.5) is 5.69 Å². The highest BCUT2D eigenvalue weighted by atomic mass is 35.5. The predicted octanol–water partition coefficient (Wildman–Crippen LogP) is 3.24. The SMILES string of the molecule is O=C(NCC(c1ccco1)N1CCCC1)C1CC(=O)N(c2ccc(Cl)cc2)C1. The van der Waals surface area contributed by atoms with E-state index in [0.717, 1.165) is 24.5 Å². The second-order valence-electron chi connectivity index (χ2n) is 7.40. The first kappa shape index (κ1) is 19.0. The van der Waals surface area contributed by atoms with Gasteiger partial charge >= 0.3 is 0 Å². The van der Waals surface area contributed by atoms with Crippen LogP contribution in [0.15, 0.2) is 47.1 Å². The van der Waals surface area contributed by atoms with Gasteiger partial charge in [0, 0.05) is 30.2 Å². The van der Waals surface area contributed by atoms with E-state index in [1.54, 1.807) is 35.4 Å². The number of anilines is 1. The Morgan fingerprint density at radius 2 is 1.96 bits per heavy atom. The van der Waals surface area contributed by atoms with E-state index in [-0.39, 0.29) is 30.2 Å². The molecule has 28 heavy (non-hydrogen) atoms. The van der Waals surface area contributed by atoms with Gasteiger partial charge in [0.1, 0.15) is 5.76 Å². The van der Waals surface area contributed by atoms with Crippen molar-refractivity contribution in [3.63, 3.8) is 0 Å². The van der Waals surface area contributed by atoms with E-state index in [9.17, 15) is 9.59 Å². The number of hydrogen-bond acceptors (Lipinski definition) is 4. The van der Waals surface area contributed by atoms with Crippen molar-refractivity contribution in [1.82, 2.24) is 10.2 Å². The Morgan fingerprint density at radius 3 is 2.64 bits per heavy atom. The molecule has 0 bridgehead atoms. The number of nitrogens with one attached hydrogen (secondary N) is 1. The van der Waals surface area contributed by atoms with Crippen molar-refractivity contribution in [2.75, 3.05) is 31.1 Å². The summed E-state index contributed by atoms with van der Waals surface area (Å²) in [4.78, 5) is 29.2. The minimum absolute atomic E-state index is 0.0333. The van der Waals surface area contributed by atoms with Crippen molar-refractivity contribution < 1.29 is 14.0 Å². The van der Waals surface area contributed by atoms with Crippen LogP contribution in [0.2, 0.25) is 5.02 Å². The Kier molecular flexibility index (Phi) is 5.69. The molecule has 0 saturated carbocycles. The molecule has 6 nitrogen and oxygen atoms in total. The molecule has 148 valence electrons. The summed E-state index contributed by atoms with van der Waals surface area (Å²) in [5, 5.41) is 3.67. The first-order valence-corrected chi connectivity index (χ1v) is 10.1. The van der Waals surface area contributed by atoms with Crippen LogP contribution in [0.5, 0.6) is 0 Å². The van der Waals surface area contributed by atoms with Gasteiger partial charge in [-0.15, -0.1) is 0 Å². The van der Waals surface area contributed by atoms with Gasteiger partial charge in [-0.2, -0.15) is 0 Å². The summed E-state index contributed by atoms with van der Waals surface area (Å²) in [6.45, 7) is 2.89. The number of rotatable bonds is 6. The van der Waals surface area contributed by atoms with E-state index < -0.39 is 0 Å². The Labute approximate surface area is 169 Å². The van der Waals surface area contributed by atoms with Gasteiger partial charge in [-0.25, -0.2) is 0 Å². The van der Waals surface area contributed by atoms with E-state index in [2.05, 4.69) is 10.2 Å². The molecule has 2 aliphatic rings. The Bertz CT molecular complexity index is 816. The highest BCUT2D eigenvalue weighted by Crippen LogP contribution is 2.28. The lowest BCUT2D eigenvalue weighted by atomic mass is 10.1. The standard InChI is InChI=1S/C21H24ClN3O3/c22-16-5-7-17(8-6-16)25-14-15(12-20(25)26)21(27)23-13-18(19-4-3-11-28-19)24-9-1-2-10-24/h3-8,11,15,18H,1-2,9-10,12-14H2,(H,23,27). The van der Waals surface area contributed by atoms with E-state index in [1.807, 2.05) is 12.1 Å². The first-order chi connectivity index (χ1) is 13.6. The number of carbonyl (C=O) groups excluding carboxylic acids is 2. The number of carbonyl (C=O) groups is 2. The van der Waals surface area contributed by atoms with Crippen LogP contribution >= 0.6 is 11.6 Å². The molecule has 0 aliphatic carbocycles. The zero-order chi connectivity index (χ0) is 19.5. The number of nitrogens with zero attached hydrogens (tertiary/aromatic N) is 2. The topological polar surface area (TPSA) is 65.8 Å². The molecular formula is C21H24ClN3O3. The van der Waals surface area contributed by atoms with Crippen LogP contribution in [0, 0.1) is 5.92 Å². The molecule has 3 heterocycles.